The molecule has 1 heterocycles. The maximum Gasteiger partial charge on any atom is 0.319 e. The summed E-state index contributed by atoms with van der Waals surface area (Å²) in [7, 11) is 0. The lowest BCUT2D eigenvalue weighted by molar-refractivity contribution is 0.0168. The number of aryl methyl sites for hydroxylation is 1. The van der Waals surface area contributed by atoms with Gasteiger partial charge in [0, 0.05) is 30.3 Å². The Morgan fingerprint density at radius 2 is 1.96 bits per heavy atom. The zero-order valence-electron chi connectivity index (χ0n) is 14.9. The molecule has 0 spiro atoms. The lowest BCUT2D eigenvalue weighted by atomic mass is 10.0. The van der Waals surface area contributed by atoms with Crippen LogP contribution in [0.4, 0.5) is 10.5 Å². The zero-order chi connectivity index (χ0) is 18.4. The van der Waals surface area contributed by atoms with Crippen molar-refractivity contribution in [1.82, 2.24) is 10.2 Å². The molecule has 2 aromatic carbocycles. The number of benzene rings is 2. The summed E-state index contributed by atoms with van der Waals surface area (Å²) in [6, 6.07) is 15.4. The van der Waals surface area contributed by atoms with Gasteiger partial charge >= 0.3 is 6.03 Å². The van der Waals surface area contributed by atoms with Crippen molar-refractivity contribution in [3.63, 3.8) is 0 Å². The topological polar surface area (TPSA) is 53.6 Å². The molecule has 1 atom stereocenters. The Labute approximate surface area is 159 Å². The normalized spacial score (nSPS) is 16.1. The van der Waals surface area contributed by atoms with Gasteiger partial charge in [-0.3, -0.25) is 4.90 Å². The third kappa shape index (κ3) is 5.21. The van der Waals surface area contributed by atoms with E-state index in [9.17, 15) is 4.79 Å². The second-order valence-corrected chi connectivity index (χ2v) is 6.86. The molecule has 1 aliphatic rings. The summed E-state index contributed by atoms with van der Waals surface area (Å²) in [4.78, 5) is 14.7. The van der Waals surface area contributed by atoms with E-state index in [4.69, 9.17) is 16.3 Å². The molecule has 0 aromatic heterocycles. The van der Waals surface area contributed by atoms with Gasteiger partial charge in [0.05, 0.1) is 19.3 Å². The van der Waals surface area contributed by atoms with Crippen LogP contribution in [0.1, 0.15) is 17.2 Å². The minimum atomic E-state index is -0.238. The first-order valence-corrected chi connectivity index (χ1v) is 9.18. The molecule has 2 aromatic rings. The van der Waals surface area contributed by atoms with Crippen LogP contribution >= 0.6 is 11.6 Å². The van der Waals surface area contributed by atoms with Crippen molar-refractivity contribution in [2.45, 2.75) is 13.0 Å². The van der Waals surface area contributed by atoms with Gasteiger partial charge in [-0.25, -0.2) is 4.79 Å². The summed E-state index contributed by atoms with van der Waals surface area (Å²) >= 11 is 5.96. The number of hydrogen-bond donors (Lipinski definition) is 2. The summed E-state index contributed by atoms with van der Waals surface area (Å²) in [6.45, 7) is 5.76. The van der Waals surface area contributed by atoms with Crippen LogP contribution in [-0.2, 0) is 4.74 Å². The van der Waals surface area contributed by atoms with E-state index >= 15 is 0 Å². The first-order valence-electron chi connectivity index (χ1n) is 8.80. The van der Waals surface area contributed by atoms with Crippen LogP contribution in [0.2, 0.25) is 5.02 Å². The number of amides is 2. The fourth-order valence-corrected chi connectivity index (χ4v) is 3.35. The molecular weight excluding hydrogens is 350 g/mol. The largest absolute Gasteiger partial charge is 0.379 e. The maximum atomic E-state index is 12.3. The molecule has 2 N–H and O–H groups in total. The number of anilines is 1. The first kappa shape index (κ1) is 18.7. The highest BCUT2D eigenvalue weighted by Crippen LogP contribution is 2.22. The highest BCUT2D eigenvalue weighted by Gasteiger charge is 2.23. The molecular formula is C20H24ClN3O2. The summed E-state index contributed by atoms with van der Waals surface area (Å²) in [5.41, 5.74) is 3.09. The van der Waals surface area contributed by atoms with Crippen molar-refractivity contribution in [3.05, 3.63) is 64.7 Å². The van der Waals surface area contributed by atoms with Gasteiger partial charge in [0.15, 0.2) is 0 Å². The molecule has 0 bridgehead atoms. The molecule has 0 aliphatic carbocycles. The molecule has 0 saturated carbocycles. The van der Waals surface area contributed by atoms with Crippen molar-refractivity contribution < 1.29 is 9.53 Å². The number of halogens is 1. The lowest BCUT2D eigenvalue weighted by Gasteiger charge is -2.35. The molecule has 138 valence electrons. The molecule has 0 radical (unpaired) electrons. The Hall–Kier alpha value is -2.08. The SMILES string of the molecule is Cc1cccc(C(CNC(=O)Nc2cccc(Cl)c2)N2CCOCC2)c1. The van der Waals surface area contributed by atoms with Gasteiger partial charge in [-0.05, 0) is 30.7 Å². The van der Waals surface area contributed by atoms with E-state index in [0.717, 1.165) is 26.3 Å². The van der Waals surface area contributed by atoms with Gasteiger partial charge in [-0.15, -0.1) is 0 Å². The molecule has 26 heavy (non-hydrogen) atoms. The Morgan fingerprint density at radius 1 is 1.19 bits per heavy atom. The highest BCUT2D eigenvalue weighted by molar-refractivity contribution is 6.30. The summed E-state index contributed by atoms with van der Waals surface area (Å²) < 4.78 is 5.47. The average molecular weight is 374 g/mol. The van der Waals surface area contributed by atoms with Gasteiger partial charge in [0.1, 0.15) is 0 Å². The Morgan fingerprint density at radius 3 is 2.69 bits per heavy atom. The van der Waals surface area contributed by atoms with E-state index in [1.807, 2.05) is 6.07 Å². The van der Waals surface area contributed by atoms with Gasteiger partial charge in [0.2, 0.25) is 0 Å². The number of rotatable bonds is 5. The Bertz CT molecular complexity index is 747. The van der Waals surface area contributed by atoms with E-state index in [1.165, 1.54) is 11.1 Å². The third-order valence-electron chi connectivity index (χ3n) is 4.45. The number of carbonyl (C=O) groups excluding carboxylic acids is 1. The van der Waals surface area contributed by atoms with Crippen LogP contribution in [0.5, 0.6) is 0 Å². The molecule has 2 amide bonds. The molecule has 3 rings (SSSR count). The van der Waals surface area contributed by atoms with Gasteiger partial charge in [0.25, 0.3) is 0 Å². The molecule has 5 nitrogen and oxygen atoms in total. The van der Waals surface area contributed by atoms with Crippen molar-refractivity contribution >= 4 is 23.3 Å². The lowest BCUT2D eigenvalue weighted by Crippen LogP contribution is -2.44. The number of ether oxygens (including phenoxy) is 1. The van der Waals surface area contributed by atoms with E-state index in [0.29, 0.717) is 17.3 Å². The Kier molecular flexibility index (Phi) is 6.50. The summed E-state index contributed by atoms with van der Waals surface area (Å²) in [5.74, 6) is 0. The highest BCUT2D eigenvalue weighted by atomic mass is 35.5. The van der Waals surface area contributed by atoms with Crippen molar-refractivity contribution in [2.24, 2.45) is 0 Å². The zero-order valence-corrected chi connectivity index (χ0v) is 15.6. The number of carbonyl (C=O) groups is 1. The van der Waals surface area contributed by atoms with E-state index in [-0.39, 0.29) is 12.1 Å². The van der Waals surface area contributed by atoms with Crippen LogP contribution in [0.3, 0.4) is 0 Å². The third-order valence-corrected chi connectivity index (χ3v) is 4.69. The number of hydrogen-bond acceptors (Lipinski definition) is 3. The van der Waals surface area contributed by atoms with Gasteiger partial charge in [-0.2, -0.15) is 0 Å². The standard InChI is InChI=1S/C20H24ClN3O2/c1-15-4-2-5-16(12-15)19(24-8-10-26-11-9-24)14-22-20(25)23-18-7-3-6-17(21)13-18/h2-7,12-13,19H,8-11,14H2,1H3,(H2,22,23,25). The molecule has 1 fully saturated rings. The molecule has 1 aliphatic heterocycles. The molecule has 6 heteroatoms. The van der Waals surface area contributed by atoms with E-state index < -0.39 is 0 Å². The predicted octanol–water partition coefficient (Wildman–Crippen LogP) is 3.84. The predicted molar refractivity (Wildman–Crippen MR) is 105 cm³/mol. The average Bonchev–Trinajstić information content (AvgIpc) is 2.63. The molecule has 1 saturated heterocycles. The van der Waals surface area contributed by atoms with Gasteiger partial charge in [-0.1, -0.05) is 47.5 Å². The quantitative estimate of drug-likeness (QED) is 0.837. The molecule has 1 unspecified atom stereocenters. The minimum absolute atomic E-state index is 0.115. The number of nitrogens with zero attached hydrogens (tertiary/aromatic N) is 1. The first-order chi connectivity index (χ1) is 12.6. The maximum absolute atomic E-state index is 12.3. The monoisotopic (exact) mass is 373 g/mol. The second kappa shape index (κ2) is 9.03. The van der Waals surface area contributed by atoms with Crippen LogP contribution in [0.25, 0.3) is 0 Å². The van der Waals surface area contributed by atoms with E-state index in [1.54, 1.807) is 18.2 Å². The number of urea groups is 1. The van der Waals surface area contributed by atoms with Gasteiger partial charge < -0.3 is 15.4 Å². The fraction of sp³-hybridized carbons (Fsp3) is 0.350. The fourth-order valence-electron chi connectivity index (χ4n) is 3.16. The summed E-state index contributed by atoms with van der Waals surface area (Å²) in [5, 5.41) is 6.41. The smallest absolute Gasteiger partial charge is 0.319 e. The number of morpholine rings is 1. The van der Waals surface area contributed by atoms with Crippen LogP contribution in [0.15, 0.2) is 48.5 Å². The van der Waals surface area contributed by atoms with Crippen LogP contribution in [-0.4, -0.2) is 43.8 Å². The second-order valence-electron chi connectivity index (χ2n) is 6.42. The van der Waals surface area contributed by atoms with Crippen LogP contribution in [0, 0.1) is 6.92 Å². The number of nitrogens with one attached hydrogen (secondary N) is 2. The van der Waals surface area contributed by atoms with Crippen molar-refractivity contribution in [1.29, 1.82) is 0 Å². The van der Waals surface area contributed by atoms with E-state index in [2.05, 4.69) is 46.7 Å². The van der Waals surface area contributed by atoms with Crippen molar-refractivity contribution in [2.75, 3.05) is 38.2 Å². The minimum Gasteiger partial charge on any atom is -0.379 e. The summed E-state index contributed by atoms with van der Waals surface area (Å²) in [6.07, 6.45) is 0. The van der Waals surface area contributed by atoms with Crippen molar-refractivity contribution in [3.8, 4) is 0 Å². The van der Waals surface area contributed by atoms with Crippen LogP contribution < -0.4 is 10.6 Å². The Balaban J connectivity index is 1.66.